The smallest absolute Gasteiger partial charge is 0.227 e. The molecule has 2 aromatic heterocycles. The van der Waals surface area contributed by atoms with Crippen molar-refractivity contribution in [2.24, 2.45) is 5.92 Å². The summed E-state index contributed by atoms with van der Waals surface area (Å²) in [6, 6.07) is 3.99. The first-order valence-electron chi connectivity index (χ1n) is 9.80. The van der Waals surface area contributed by atoms with E-state index in [2.05, 4.69) is 19.9 Å². The van der Waals surface area contributed by atoms with Gasteiger partial charge in [-0.15, -0.1) is 5.10 Å². The van der Waals surface area contributed by atoms with Gasteiger partial charge < -0.3 is 19.4 Å². The van der Waals surface area contributed by atoms with Gasteiger partial charge in [0, 0.05) is 58.8 Å². The summed E-state index contributed by atoms with van der Waals surface area (Å²) in [7, 11) is 1.73. The number of fused-ring (bicyclic) bond motifs is 1. The lowest BCUT2D eigenvalue weighted by molar-refractivity contribution is -0.137. The van der Waals surface area contributed by atoms with Gasteiger partial charge in [0.1, 0.15) is 5.82 Å². The third kappa shape index (κ3) is 4.06. The first kappa shape index (κ1) is 18.2. The zero-order chi connectivity index (χ0) is 18.6. The number of carbonyl (C=O) groups excluding carboxylic acids is 1. The number of hydrogen-bond acceptors (Lipinski definition) is 6. The van der Waals surface area contributed by atoms with Crippen molar-refractivity contribution in [3.8, 4) is 0 Å². The van der Waals surface area contributed by atoms with Crippen LogP contribution in [0, 0.1) is 5.92 Å². The second-order valence-electron chi connectivity index (χ2n) is 7.37. The number of ether oxygens (including phenoxy) is 1. The van der Waals surface area contributed by atoms with E-state index in [-0.39, 0.29) is 5.92 Å². The van der Waals surface area contributed by atoms with Crippen molar-refractivity contribution in [2.75, 3.05) is 64.4 Å². The molecule has 8 nitrogen and oxygen atoms in total. The Balaban J connectivity index is 1.32. The highest BCUT2D eigenvalue weighted by atomic mass is 16.5. The van der Waals surface area contributed by atoms with Gasteiger partial charge in [0.25, 0.3) is 0 Å². The molecule has 0 radical (unpaired) electrons. The molecule has 0 N–H and O–H groups in total. The van der Waals surface area contributed by atoms with Crippen LogP contribution in [0.1, 0.15) is 12.8 Å². The molecule has 27 heavy (non-hydrogen) atoms. The van der Waals surface area contributed by atoms with Gasteiger partial charge in [-0.1, -0.05) is 0 Å². The standard InChI is InChI=1S/C19H28N6O2/c1-27-14-13-22-7-2-3-16(15-22)19(26)24-11-9-23(10-12-24)18-5-4-17-20-6-8-25(17)21-18/h4-6,8,16H,2-3,7,9-15H2,1H3/t16-/m0/s1. The van der Waals surface area contributed by atoms with E-state index in [1.54, 1.807) is 17.8 Å². The van der Waals surface area contributed by atoms with Crippen LogP contribution in [0.25, 0.3) is 5.65 Å². The highest BCUT2D eigenvalue weighted by molar-refractivity contribution is 5.79. The first-order valence-corrected chi connectivity index (χ1v) is 9.80. The van der Waals surface area contributed by atoms with Crippen LogP contribution in [0.15, 0.2) is 24.5 Å². The van der Waals surface area contributed by atoms with Crippen LogP contribution >= 0.6 is 0 Å². The molecule has 0 unspecified atom stereocenters. The van der Waals surface area contributed by atoms with Crippen LogP contribution < -0.4 is 4.90 Å². The molecule has 1 atom stereocenters. The zero-order valence-electron chi connectivity index (χ0n) is 16.0. The SMILES string of the molecule is COCCN1CCC[C@H](C(=O)N2CCN(c3ccc4nccn4n3)CC2)C1. The summed E-state index contributed by atoms with van der Waals surface area (Å²) >= 11 is 0. The molecular weight excluding hydrogens is 344 g/mol. The van der Waals surface area contributed by atoms with Gasteiger partial charge >= 0.3 is 0 Å². The van der Waals surface area contributed by atoms with Gasteiger partial charge in [0.2, 0.25) is 5.91 Å². The number of carbonyl (C=O) groups is 1. The fourth-order valence-electron chi connectivity index (χ4n) is 4.07. The second kappa shape index (κ2) is 8.22. The quantitative estimate of drug-likeness (QED) is 0.771. The van der Waals surface area contributed by atoms with Crippen LogP contribution in [0.4, 0.5) is 5.82 Å². The zero-order valence-corrected chi connectivity index (χ0v) is 16.0. The van der Waals surface area contributed by atoms with Gasteiger partial charge in [-0.25, -0.2) is 9.50 Å². The van der Waals surface area contributed by atoms with Crippen molar-refractivity contribution in [1.82, 2.24) is 24.4 Å². The number of likely N-dealkylation sites (tertiary alicyclic amines) is 1. The largest absolute Gasteiger partial charge is 0.383 e. The second-order valence-corrected chi connectivity index (χ2v) is 7.37. The molecular formula is C19H28N6O2. The van der Waals surface area contributed by atoms with Crippen molar-refractivity contribution < 1.29 is 9.53 Å². The molecule has 8 heteroatoms. The molecule has 0 aromatic carbocycles. The van der Waals surface area contributed by atoms with E-state index in [4.69, 9.17) is 4.74 Å². The summed E-state index contributed by atoms with van der Waals surface area (Å²) in [5, 5.41) is 4.62. The van der Waals surface area contributed by atoms with E-state index in [9.17, 15) is 4.79 Å². The van der Waals surface area contributed by atoms with E-state index in [1.807, 2.05) is 23.2 Å². The molecule has 2 fully saturated rings. The number of nitrogens with zero attached hydrogens (tertiary/aromatic N) is 6. The van der Waals surface area contributed by atoms with Crippen LogP contribution in [-0.4, -0.2) is 89.8 Å². The van der Waals surface area contributed by atoms with Crippen LogP contribution in [0.5, 0.6) is 0 Å². The Morgan fingerprint density at radius 3 is 2.89 bits per heavy atom. The maximum atomic E-state index is 13.0. The third-order valence-electron chi connectivity index (χ3n) is 5.62. The molecule has 2 aliphatic rings. The number of hydrogen-bond donors (Lipinski definition) is 0. The van der Waals surface area contributed by atoms with Crippen LogP contribution in [-0.2, 0) is 9.53 Å². The fourth-order valence-corrected chi connectivity index (χ4v) is 4.07. The molecule has 146 valence electrons. The maximum absolute atomic E-state index is 13.0. The van der Waals surface area contributed by atoms with Crippen molar-refractivity contribution >= 4 is 17.4 Å². The Kier molecular flexibility index (Phi) is 5.54. The number of imidazole rings is 1. The molecule has 0 saturated carbocycles. The molecule has 2 aromatic rings. The number of aromatic nitrogens is 3. The number of rotatable bonds is 5. The minimum Gasteiger partial charge on any atom is -0.383 e. The van der Waals surface area contributed by atoms with Crippen molar-refractivity contribution in [1.29, 1.82) is 0 Å². The monoisotopic (exact) mass is 372 g/mol. The number of piperazine rings is 1. The molecule has 2 aliphatic heterocycles. The first-order chi connectivity index (χ1) is 13.2. The van der Waals surface area contributed by atoms with E-state index in [0.717, 1.165) is 76.7 Å². The summed E-state index contributed by atoms with van der Waals surface area (Å²) in [4.78, 5) is 23.9. The van der Waals surface area contributed by atoms with Crippen molar-refractivity contribution in [3.63, 3.8) is 0 Å². The predicted octanol–water partition coefficient (Wildman–Crippen LogP) is 0.736. The van der Waals surface area contributed by atoms with Gasteiger partial charge in [-0.3, -0.25) is 4.79 Å². The highest BCUT2D eigenvalue weighted by Crippen LogP contribution is 2.21. The number of methoxy groups -OCH3 is 1. The Morgan fingerprint density at radius 2 is 2.07 bits per heavy atom. The summed E-state index contributed by atoms with van der Waals surface area (Å²) in [6.07, 6.45) is 5.70. The summed E-state index contributed by atoms with van der Waals surface area (Å²) < 4.78 is 6.97. The average Bonchev–Trinajstić information content (AvgIpc) is 3.20. The molecule has 0 bridgehead atoms. The third-order valence-corrected chi connectivity index (χ3v) is 5.62. The Morgan fingerprint density at radius 1 is 1.22 bits per heavy atom. The van der Waals surface area contributed by atoms with E-state index in [1.165, 1.54) is 0 Å². The van der Waals surface area contributed by atoms with Crippen LogP contribution in [0.3, 0.4) is 0 Å². The van der Waals surface area contributed by atoms with Gasteiger partial charge in [0.15, 0.2) is 5.65 Å². The van der Waals surface area contributed by atoms with E-state index in [0.29, 0.717) is 5.91 Å². The molecule has 0 spiro atoms. The minimum atomic E-state index is 0.127. The summed E-state index contributed by atoms with van der Waals surface area (Å²) in [5.74, 6) is 1.38. The number of piperidine rings is 1. The Hall–Kier alpha value is -2.19. The van der Waals surface area contributed by atoms with Gasteiger partial charge in [-0.05, 0) is 31.5 Å². The van der Waals surface area contributed by atoms with Crippen LogP contribution in [0.2, 0.25) is 0 Å². The number of amides is 1. The molecule has 1 amide bonds. The molecule has 2 saturated heterocycles. The molecule has 4 rings (SSSR count). The fraction of sp³-hybridized carbons (Fsp3) is 0.632. The predicted molar refractivity (Wildman–Crippen MR) is 103 cm³/mol. The normalized spacial score (nSPS) is 21.7. The van der Waals surface area contributed by atoms with E-state index < -0.39 is 0 Å². The van der Waals surface area contributed by atoms with Crippen molar-refractivity contribution in [3.05, 3.63) is 24.5 Å². The molecule has 0 aliphatic carbocycles. The van der Waals surface area contributed by atoms with Gasteiger partial charge in [-0.2, -0.15) is 0 Å². The van der Waals surface area contributed by atoms with E-state index >= 15 is 0 Å². The lowest BCUT2D eigenvalue weighted by Crippen LogP contribution is -2.53. The maximum Gasteiger partial charge on any atom is 0.227 e. The van der Waals surface area contributed by atoms with Gasteiger partial charge in [0.05, 0.1) is 12.5 Å². The Labute approximate surface area is 159 Å². The average molecular weight is 372 g/mol. The Bertz CT molecular complexity index is 770. The molecule has 4 heterocycles. The van der Waals surface area contributed by atoms with Crippen molar-refractivity contribution in [2.45, 2.75) is 12.8 Å². The lowest BCUT2D eigenvalue weighted by Gasteiger charge is -2.39. The number of anilines is 1. The highest BCUT2D eigenvalue weighted by Gasteiger charge is 2.31. The summed E-state index contributed by atoms with van der Waals surface area (Å²) in [5.41, 5.74) is 0.850. The topological polar surface area (TPSA) is 66.2 Å². The lowest BCUT2D eigenvalue weighted by atomic mass is 9.96. The minimum absolute atomic E-state index is 0.127. The summed E-state index contributed by atoms with van der Waals surface area (Å²) in [6.45, 7) is 6.74.